The van der Waals surface area contributed by atoms with E-state index < -0.39 is 17.5 Å². The van der Waals surface area contributed by atoms with Gasteiger partial charge in [0.2, 0.25) is 0 Å². The third-order valence-electron chi connectivity index (χ3n) is 3.09. The molecule has 1 amide bonds. The van der Waals surface area contributed by atoms with Crippen LogP contribution in [-0.2, 0) is 9.53 Å². The molecule has 114 valence electrons. The van der Waals surface area contributed by atoms with Crippen molar-refractivity contribution in [2.24, 2.45) is 11.7 Å². The van der Waals surface area contributed by atoms with E-state index >= 15 is 0 Å². The van der Waals surface area contributed by atoms with Crippen LogP contribution in [-0.4, -0.2) is 17.7 Å². The Morgan fingerprint density at radius 3 is 2.57 bits per heavy atom. The van der Waals surface area contributed by atoms with Gasteiger partial charge in [0.05, 0.1) is 5.92 Å². The second kappa shape index (κ2) is 5.35. The molecule has 5 nitrogen and oxygen atoms in total. The van der Waals surface area contributed by atoms with Crippen LogP contribution in [0.2, 0.25) is 0 Å². The lowest BCUT2D eigenvalue weighted by atomic mass is 10.1. The molecule has 1 fully saturated rings. The number of rotatable bonds is 3. The number of esters is 1. The van der Waals surface area contributed by atoms with Crippen LogP contribution in [0, 0.1) is 11.7 Å². The van der Waals surface area contributed by atoms with Gasteiger partial charge < -0.3 is 15.2 Å². The first-order valence-corrected chi connectivity index (χ1v) is 6.67. The van der Waals surface area contributed by atoms with Crippen molar-refractivity contribution in [3.05, 3.63) is 29.6 Å². The van der Waals surface area contributed by atoms with Crippen LogP contribution in [0.25, 0.3) is 0 Å². The molecule has 1 aliphatic carbocycles. The molecule has 0 bridgehead atoms. The van der Waals surface area contributed by atoms with Crippen molar-refractivity contribution in [1.82, 2.24) is 0 Å². The van der Waals surface area contributed by atoms with Crippen molar-refractivity contribution in [2.75, 3.05) is 0 Å². The fourth-order valence-corrected chi connectivity index (χ4v) is 2.14. The fourth-order valence-electron chi connectivity index (χ4n) is 2.14. The van der Waals surface area contributed by atoms with Crippen LogP contribution in [0.15, 0.2) is 18.2 Å². The summed E-state index contributed by atoms with van der Waals surface area (Å²) in [6, 6.07) is 4.16. The molecule has 2 N–H and O–H groups in total. The molecule has 0 saturated heterocycles. The topological polar surface area (TPSA) is 78.6 Å². The third kappa shape index (κ3) is 3.93. The molecule has 0 aromatic heterocycles. The molecule has 1 aliphatic rings. The Morgan fingerprint density at radius 1 is 1.33 bits per heavy atom. The van der Waals surface area contributed by atoms with Gasteiger partial charge in [-0.3, -0.25) is 4.79 Å². The Kier molecular flexibility index (Phi) is 3.89. The summed E-state index contributed by atoms with van der Waals surface area (Å²) in [6.45, 7) is 5.41. The lowest BCUT2D eigenvalue weighted by Gasteiger charge is -2.19. The number of ether oxygens (including phenoxy) is 2. The van der Waals surface area contributed by atoms with Gasteiger partial charge >= 0.3 is 12.1 Å². The van der Waals surface area contributed by atoms with Crippen molar-refractivity contribution in [2.45, 2.75) is 38.7 Å². The Bertz CT molecular complexity index is 580. The van der Waals surface area contributed by atoms with E-state index in [1.54, 1.807) is 26.8 Å². The molecule has 0 unspecified atom stereocenters. The number of carbonyl (C=O) groups is 2. The summed E-state index contributed by atoms with van der Waals surface area (Å²) in [5, 5.41) is 0. The van der Waals surface area contributed by atoms with Gasteiger partial charge in [0.15, 0.2) is 11.6 Å². The number of halogens is 1. The van der Waals surface area contributed by atoms with Gasteiger partial charge in [0.1, 0.15) is 5.60 Å². The zero-order chi connectivity index (χ0) is 15.8. The van der Waals surface area contributed by atoms with Crippen molar-refractivity contribution in [3.8, 4) is 5.75 Å². The highest BCUT2D eigenvalue weighted by atomic mass is 19.1. The van der Waals surface area contributed by atoms with E-state index in [1.165, 1.54) is 12.1 Å². The third-order valence-corrected chi connectivity index (χ3v) is 3.09. The minimum atomic E-state index is -1.08. The highest BCUT2D eigenvalue weighted by Crippen LogP contribution is 2.49. The molecule has 1 aromatic rings. The lowest BCUT2D eigenvalue weighted by molar-refractivity contribution is -0.156. The molecular weight excluding hydrogens is 277 g/mol. The molecule has 1 aromatic carbocycles. The molecule has 0 aliphatic heterocycles. The Balaban J connectivity index is 2.08. The number of hydrogen-bond donors (Lipinski definition) is 1. The van der Waals surface area contributed by atoms with E-state index in [0.717, 1.165) is 5.56 Å². The van der Waals surface area contributed by atoms with Gasteiger partial charge in [0, 0.05) is 0 Å². The van der Waals surface area contributed by atoms with Crippen LogP contribution >= 0.6 is 0 Å². The van der Waals surface area contributed by atoms with Crippen LogP contribution in [0.1, 0.15) is 38.7 Å². The zero-order valence-corrected chi connectivity index (χ0v) is 12.2. The fraction of sp³-hybridized carbons (Fsp3) is 0.467. The number of amides is 1. The van der Waals surface area contributed by atoms with Crippen LogP contribution in [0.4, 0.5) is 9.18 Å². The second-order valence-corrected chi connectivity index (χ2v) is 6.09. The Labute approximate surface area is 122 Å². The maximum Gasteiger partial charge on any atom is 0.410 e. The van der Waals surface area contributed by atoms with Crippen molar-refractivity contribution < 1.29 is 23.5 Å². The van der Waals surface area contributed by atoms with Crippen molar-refractivity contribution >= 4 is 12.1 Å². The number of carbonyl (C=O) groups excluding carboxylic acids is 2. The van der Waals surface area contributed by atoms with E-state index in [4.69, 9.17) is 10.5 Å². The smallest absolute Gasteiger partial charge is 0.410 e. The van der Waals surface area contributed by atoms with Crippen molar-refractivity contribution in [3.63, 3.8) is 0 Å². The average Bonchev–Trinajstić information content (AvgIpc) is 3.09. The second-order valence-electron chi connectivity index (χ2n) is 6.09. The summed E-state index contributed by atoms with van der Waals surface area (Å²) < 4.78 is 23.4. The van der Waals surface area contributed by atoms with Gasteiger partial charge in [-0.25, -0.2) is 9.18 Å². The van der Waals surface area contributed by atoms with E-state index in [-0.39, 0.29) is 23.6 Å². The van der Waals surface area contributed by atoms with Gasteiger partial charge in [-0.2, -0.15) is 0 Å². The molecule has 1 saturated carbocycles. The minimum Gasteiger partial charge on any atom is -0.460 e. The molecule has 6 heteroatoms. The van der Waals surface area contributed by atoms with Gasteiger partial charge in [-0.05, 0) is 50.8 Å². The first kappa shape index (κ1) is 15.3. The average molecular weight is 295 g/mol. The molecule has 0 spiro atoms. The van der Waals surface area contributed by atoms with Crippen molar-refractivity contribution in [1.29, 1.82) is 0 Å². The minimum absolute atomic E-state index is 0.0457. The molecule has 0 radical (unpaired) electrons. The zero-order valence-electron chi connectivity index (χ0n) is 12.2. The molecule has 2 atom stereocenters. The number of primary amides is 1. The molecular formula is C15H18FNO4. The van der Waals surface area contributed by atoms with E-state index in [0.29, 0.717) is 6.42 Å². The van der Waals surface area contributed by atoms with Crippen LogP contribution in [0.5, 0.6) is 5.75 Å². The van der Waals surface area contributed by atoms with Gasteiger partial charge in [-0.1, -0.05) is 6.07 Å². The quantitative estimate of drug-likeness (QED) is 0.870. The summed E-state index contributed by atoms with van der Waals surface area (Å²) in [6.07, 6.45) is -0.443. The van der Waals surface area contributed by atoms with E-state index in [2.05, 4.69) is 4.74 Å². The summed E-state index contributed by atoms with van der Waals surface area (Å²) in [5.74, 6) is -1.46. The first-order valence-electron chi connectivity index (χ1n) is 6.67. The predicted molar refractivity (Wildman–Crippen MR) is 73.3 cm³/mol. The van der Waals surface area contributed by atoms with E-state index in [9.17, 15) is 14.0 Å². The molecule has 0 heterocycles. The Morgan fingerprint density at radius 2 is 2.00 bits per heavy atom. The first-order chi connectivity index (χ1) is 9.67. The monoisotopic (exact) mass is 295 g/mol. The molecule has 21 heavy (non-hydrogen) atoms. The number of nitrogens with two attached hydrogens (primary N) is 1. The van der Waals surface area contributed by atoms with Crippen LogP contribution < -0.4 is 10.5 Å². The summed E-state index contributed by atoms with van der Waals surface area (Å²) in [5.41, 5.74) is 5.07. The van der Waals surface area contributed by atoms with Crippen LogP contribution in [0.3, 0.4) is 0 Å². The number of benzene rings is 1. The maximum absolute atomic E-state index is 13.5. The maximum atomic E-state index is 13.5. The molecule has 2 rings (SSSR count). The highest BCUT2D eigenvalue weighted by Gasteiger charge is 2.46. The van der Waals surface area contributed by atoms with E-state index in [1.807, 2.05) is 0 Å². The summed E-state index contributed by atoms with van der Waals surface area (Å²) in [4.78, 5) is 22.6. The normalized spacial score (nSPS) is 20.8. The number of hydrogen-bond acceptors (Lipinski definition) is 4. The summed E-state index contributed by atoms with van der Waals surface area (Å²) in [7, 11) is 0. The Hall–Kier alpha value is -2.11. The SMILES string of the molecule is CC(C)(C)OC(=O)[C@@H]1C[C@H]1c1ccc(F)c(OC(N)=O)c1. The predicted octanol–water partition coefficient (Wildman–Crippen LogP) is 2.73. The lowest BCUT2D eigenvalue weighted by Crippen LogP contribution is -2.25. The summed E-state index contributed by atoms with van der Waals surface area (Å²) >= 11 is 0. The standard InChI is InChI=1S/C15H18FNO4/c1-15(2,3)21-13(18)10-7-9(10)8-4-5-11(16)12(6-8)20-14(17)19/h4-6,9-10H,7H2,1-3H3,(H2,17,19)/t9-,10+/m0/s1. The largest absolute Gasteiger partial charge is 0.460 e. The highest BCUT2D eigenvalue weighted by molar-refractivity contribution is 5.78. The van der Waals surface area contributed by atoms with Gasteiger partial charge in [0.25, 0.3) is 0 Å². The van der Waals surface area contributed by atoms with Gasteiger partial charge in [-0.15, -0.1) is 0 Å².